The third-order valence-corrected chi connectivity index (χ3v) is 4.81. The van der Waals surface area contributed by atoms with E-state index in [0.717, 1.165) is 10.2 Å². The zero-order valence-electron chi connectivity index (χ0n) is 15.4. The number of anilines is 2. The number of rotatable bonds is 6. The van der Waals surface area contributed by atoms with Gasteiger partial charge in [-0.05, 0) is 41.8 Å². The molecule has 3 rings (SSSR count). The van der Waals surface area contributed by atoms with Crippen LogP contribution < -0.4 is 15.4 Å². The third kappa shape index (κ3) is 5.04. The number of hydrogen-bond donors (Lipinski definition) is 2. The predicted octanol–water partition coefficient (Wildman–Crippen LogP) is 4.40. The maximum Gasteiger partial charge on any atom is 0.262 e. The van der Waals surface area contributed by atoms with E-state index in [1.54, 1.807) is 12.1 Å². The largest absolute Gasteiger partial charge is 0.484 e. The summed E-state index contributed by atoms with van der Waals surface area (Å²) in [6.45, 7) is 5.62. The van der Waals surface area contributed by atoms with Gasteiger partial charge in [0.25, 0.3) is 5.91 Å². The maximum absolute atomic E-state index is 12.1. The molecule has 2 amide bonds. The lowest BCUT2D eigenvalue weighted by Gasteiger charge is -2.09. The second-order valence-corrected chi connectivity index (χ2v) is 7.47. The average molecular weight is 383 g/mol. The summed E-state index contributed by atoms with van der Waals surface area (Å²) in [4.78, 5) is 27.6. The molecule has 140 valence electrons. The third-order valence-electron chi connectivity index (χ3n) is 3.87. The van der Waals surface area contributed by atoms with Crippen molar-refractivity contribution in [2.24, 2.45) is 0 Å². The molecule has 27 heavy (non-hydrogen) atoms. The number of fused-ring (bicyclic) bond motifs is 1. The molecule has 0 aliphatic rings. The molecule has 0 atom stereocenters. The van der Waals surface area contributed by atoms with Crippen molar-refractivity contribution < 1.29 is 14.3 Å². The van der Waals surface area contributed by atoms with E-state index in [4.69, 9.17) is 4.74 Å². The summed E-state index contributed by atoms with van der Waals surface area (Å²) in [5.41, 5.74) is 2.65. The van der Waals surface area contributed by atoms with E-state index in [1.807, 2.05) is 30.3 Å². The normalized spacial score (nSPS) is 10.8. The van der Waals surface area contributed by atoms with Gasteiger partial charge in [-0.3, -0.25) is 9.59 Å². The lowest BCUT2D eigenvalue weighted by atomic mass is 10.0. The molecule has 0 radical (unpaired) electrons. The highest BCUT2D eigenvalue weighted by Crippen LogP contribution is 2.28. The molecule has 0 aliphatic heterocycles. The molecule has 0 fully saturated rings. The quantitative estimate of drug-likeness (QED) is 0.661. The molecule has 0 spiro atoms. The molecule has 1 aromatic heterocycles. The van der Waals surface area contributed by atoms with E-state index in [9.17, 15) is 9.59 Å². The molecule has 0 unspecified atom stereocenters. The number of hydrogen-bond acceptors (Lipinski definition) is 5. The first-order valence-electron chi connectivity index (χ1n) is 8.61. The highest BCUT2D eigenvalue weighted by molar-refractivity contribution is 7.22. The van der Waals surface area contributed by atoms with Crippen LogP contribution in [0.25, 0.3) is 10.2 Å². The van der Waals surface area contributed by atoms with Gasteiger partial charge in [-0.15, -0.1) is 0 Å². The minimum Gasteiger partial charge on any atom is -0.484 e. The molecule has 0 bridgehead atoms. The Morgan fingerprint density at radius 3 is 2.52 bits per heavy atom. The zero-order valence-corrected chi connectivity index (χ0v) is 16.2. The summed E-state index contributed by atoms with van der Waals surface area (Å²) in [5, 5.41) is 6.01. The van der Waals surface area contributed by atoms with E-state index in [-0.39, 0.29) is 18.4 Å². The first-order chi connectivity index (χ1) is 12.9. The first kappa shape index (κ1) is 18.8. The lowest BCUT2D eigenvalue weighted by Crippen LogP contribution is -2.20. The Balaban J connectivity index is 1.59. The van der Waals surface area contributed by atoms with Gasteiger partial charge in [0.15, 0.2) is 11.7 Å². The number of benzene rings is 2. The van der Waals surface area contributed by atoms with Crippen LogP contribution >= 0.6 is 11.3 Å². The highest BCUT2D eigenvalue weighted by Gasteiger charge is 2.09. The van der Waals surface area contributed by atoms with Crippen molar-refractivity contribution in [1.82, 2.24) is 4.98 Å². The molecule has 0 aliphatic carbocycles. The van der Waals surface area contributed by atoms with Gasteiger partial charge in [-0.25, -0.2) is 4.98 Å². The van der Waals surface area contributed by atoms with Crippen LogP contribution in [0.2, 0.25) is 0 Å². The number of carbonyl (C=O) groups is 2. The predicted molar refractivity (Wildman–Crippen MR) is 109 cm³/mol. The number of thiazole rings is 1. The Kier molecular flexibility index (Phi) is 5.71. The summed E-state index contributed by atoms with van der Waals surface area (Å²) >= 11 is 1.36. The SMILES string of the molecule is CC(=O)Nc1nc2ccc(NC(=O)COc3ccc(C(C)C)cc3)cc2s1. The van der Waals surface area contributed by atoms with Crippen molar-refractivity contribution in [3.05, 3.63) is 48.0 Å². The number of aromatic nitrogens is 1. The van der Waals surface area contributed by atoms with Gasteiger partial charge in [0, 0.05) is 12.6 Å². The van der Waals surface area contributed by atoms with Crippen LogP contribution in [-0.2, 0) is 9.59 Å². The fourth-order valence-electron chi connectivity index (χ4n) is 2.50. The van der Waals surface area contributed by atoms with E-state index in [0.29, 0.717) is 22.5 Å². The molecular formula is C20H21N3O3S. The Morgan fingerprint density at radius 1 is 1.11 bits per heavy atom. The molecule has 2 N–H and O–H groups in total. The Labute approximate surface area is 161 Å². The van der Waals surface area contributed by atoms with Gasteiger partial charge in [0.1, 0.15) is 5.75 Å². The topological polar surface area (TPSA) is 80.3 Å². The van der Waals surface area contributed by atoms with Gasteiger partial charge < -0.3 is 15.4 Å². The van der Waals surface area contributed by atoms with Crippen LogP contribution in [0.5, 0.6) is 5.75 Å². The van der Waals surface area contributed by atoms with E-state index >= 15 is 0 Å². The lowest BCUT2D eigenvalue weighted by molar-refractivity contribution is -0.118. The highest BCUT2D eigenvalue weighted by atomic mass is 32.1. The monoisotopic (exact) mass is 383 g/mol. The van der Waals surface area contributed by atoms with Gasteiger partial charge >= 0.3 is 0 Å². The number of nitrogens with zero attached hydrogens (tertiary/aromatic N) is 1. The summed E-state index contributed by atoms with van der Waals surface area (Å²) in [6.07, 6.45) is 0. The summed E-state index contributed by atoms with van der Waals surface area (Å²) in [6, 6.07) is 13.1. The zero-order chi connectivity index (χ0) is 19.4. The second kappa shape index (κ2) is 8.18. The van der Waals surface area contributed by atoms with Crippen molar-refractivity contribution >= 4 is 44.2 Å². The molecule has 6 nitrogen and oxygen atoms in total. The Morgan fingerprint density at radius 2 is 1.85 bits per heavy atom. The van der Waals surface area contributed by atoms with E-state index in [2.05, 4.69) is 29.5 Å². The van der Waals surface area contributed by atoms with Crippen LogP contribution in [0.3, 0.4) is 0 Å². The van der Waals surface area contributed by atoms with Gasteiger partial charge in [0.2, 0.25) is 5.91 Å². The van der Waals surface area contributed by atoms with Crippen molar-refractivity contribution in [1.29, 1.82) is 0 Å². The minimum absolute atomic E-state index is 0.0705. The molecule has 7 heteroatoms. The number of carbonyl (C=O) groups excluding carboxylic acids is 2. The Bertz CT molecular complexity index is 964. The van der Waals surface area contributed by atoms with Gasteiger partial charge in [-0.1, -0.05) is 37.3 Å². The molecular weight excluding hydrogens is 362 g/mol. The first-order valence-corrected chi connectivity index (χ1v) is 9.43. The molecule has 0 saturated heterocycles. The van der Waals surface area contributed by atoms with Crippen molar-refractivity contribution in [3.8, 4) is 5.75 Å². The average Bonchev–Trinajstić information content (AvgIpc) is 3.01. The molecule has 0 saturated carbocycles. The van der Waals surface area contributed by atoms with Crippen molar-refractivity contribution in [3.63, 3.8) is 0 Å². The number of amides is 2. The molecule has 2 aromatic carbocycles. The van der Waals surface area contributed by atoms with Gasteiger partial charge in [-0.2, -0.15) is 0 Å². The van der Waals surface area contributed by atoms with Crippen molar-refractivity contribution in [2.45, 2.75) is 26.7 Å². The molecule has 1 heterocycles. The van der Waals surface area contributed by atoms with Crippen molar-refractivity contribution in [2.75, 3.05) is 17.2 Å². The van der Waals surface area contributed by atoms with E-state index < -0.39 is 0 Å². The standard InChI is InChI=1S/C20H21N3O3S/c1-12(2)14-4-7-16(8-5-14)26-11-19(25)22-15-6-9-17-18(10-15)27-20(23-17)21-13(3)24/h4-10,12H,11H2,1-3H3,(H,22,25)(H,21,23,24). The molecule has 3 aromatic rings. The van der Waals surface area contributed by atoms with Crippen LogP contribution in [-0.4, -0.2) is 23.4 Å². The Hall–Kier alpha value is -2.93. The van der Waals surface area contributed by atoms with Gasteiger partial charge in [0.05, 0.1) is 10.2 Å². The summed E-state index contributed by atoms with van der Waals surface area (Å²) in [5.74, 6) is 0.706. The number of nitrogens with one attached hydrogen (secondary N) is 2. The minimum atomic E-state index is -0.242. The van der Waals surface area contributed by atoms with Crippen LogP contribution in [0, 0.1) is 0 Å². The maximum atomic E-state index is 12.1. The van der Waals surface area contributed by atoms with E-state index in [1.165, 1.54) is 23.8 Å². The van der Waals surface area contributed by atoms with Crippen LogP contribution in [0.4, 0.5) is 10.8 Å². The summed E-state index contributed by atoms with van der Waals surface area (Å²) < 4.78 is 6.42. The van der Waals surface area contributed by atoms with Crippen LogP contribution in [0.15, 0.2) is 42.5 Å². The van der Waals surface area contributed by atoms with Crippen LogP contribution in [0.1, 0.15) is 32.3 Å². The summed E-state index contributed by atoms with van der Waals surface area (Å²) in [7, 11) is 0. The second-order valence-electron chi connectivity index (χ2n) is 6.44. The smallest absolute Gasteiger partial charge is 0.262 e. The number of ether oxygens (including phenoxy) is 1. The fraction of sp³-hybridized carbons (Fsp3) is 0.250. The fourth-order valence-corrected chi connectivity index (χ4v) is 3.45.